The zero-order valence-corrected chi connectivity index (χ0v) is 24.0. The van der Waals surface area contributed by atoms with Gasteiger partial charge in [0.2, 0.25) is 0 Å². The summed E-state index contributed by atoms with van der Waals surface area (Å²) >= 11 is 0. The van der Waals surface area contributed by atoms with Crippen LogP contribution in [0.25, 0.3) is 11.3 Å². The SMILES string of the molecule is CC(C)(C)OC(=O)NCC1CCn2cc(-c3ccc(C(=O)C4CNCCC4C(=O)OC(C)(C)C)cc3)nc2C1. The number of aryl methyl sites for hydroxylation is 1. The Hall–Kier alpha value is -3.20. The molecule has 1 fully saturated rings. The molecule has 3 unspecified atom stereocenters. The first kappa shape index (κ1) is 28.8. The molecule has 9 heteroatoms. The number of ketones is 1. The second-order valence-corrected chi connectivity index (χ2v) is 12.7. The molecule has 2 aromatic rings. The summed E-state index contributed by atoms with van der Waals surface area (Å²) < 4.78 is 13.1. The first-order valence-corrected chi connectivity index (χ1v) is 13.9. The Kier molecular flexibility index (Phi) is 8.49. The van der Waals surface area contributed by atoms with E-state index < -0.39 is 29.1 Å². The van der Waals surface area contributed by atoms with E-state index >= 15 is 0 Å². The van der Waals surface area contributed by atoms with Crippen molar-refractivity contribution in [3.63, 3.8) is 0 Å². The van der Waals surface area contributed by atoms with E-state index in [1.54, 1.807) is 0 Å². The number of rotatable bonds is 6. The second-order valence-electron chi connectivity index (χ2n) is 12.7. The van der Waals surface area contributed by atoms with Gasteiger partial charge in [-0.2, -0.15) is 0 Å². The van der Waals surface area contributed by atoms with Crippen LogP contribution in [0.5, 0.6) is 0 Å². The molecular weight excluding hydrogens is 496 g/mol. The van der Waals surface area contributed by atoms with Crippen LogP contribution in [0.15, 0.2) is 30.5 Å². The van der Waals surface area contributed by atoms with Crippen LogP contribution < -0.4 is 10.6 Å². The summed E-state index contributed by atoms with van der Waals surface area (Å²) in [5.41, 5.74) is 1.27. The summed E-state index contributed by atoms with van der Waals surface area (Å²) in [5, 5.41) is 6.13. The number of nitrogens with zero attached hydrogens (tertiary/aromatic N) is 2. The van der Waals surface area contributed by atoms with Gasteiger partial charge in [0.25, 0.3) is 0 Å². The molecule has 0 spiro atoms. The molecule has 0 saturated carbocycles. The molecule has 4 rings (SSSR count). The van der Waals surface area contributed by atoms with Crippen molar-refractivity contribution in [2.45, 2.75) is 78.6 Å². The van der Waals surface area contributed by atoms with Crippen LogP contribution in [0.4, 0.5) is 4.79 Å². The number of hydrogen-bond donors (Lipinski definition) is 2. The maximum absolute atomic E-state index is 13.4. The number of carbonyl (C=O) groups excluding carboxylic acids is 3. The number of piperidine rings is 1. The molecule has 212 valence electrons. The number of nitrogens with one attached hydrogen (secondary N) is 2. The Morgan fingerprint density at radius 3 is 2.36 bits per heavy atom. The standard InChI is InChI=1S/C30H42N4O5/c1-29(2,3)38-27(36)22-11-13-31-17-23(22)26(35)21-9-7-20(8-10-21)24-18-34-14-12-19(15-25(34)33-24)16-32-28(37)39-30(4,5)6/h7-10,18-19,22-23,31H,11-17H2,1-6H3,(H,32,37). The fourth-order valence-electron chi connectivity index (χ4n) is 5.16. The van der Waals surface area contributed by atoms with Gasteiger partial charge in [0.05, 0.1) is 11.6 Å². The highest BCUT2D eigenvalue weighted by Crippen LogP contribution is 2.29. The van der Waals surface area contributed by atoms with Crippen LogP contribution in [-0.2, 0) is 27.2 Å². The summed E-state index contributed by atoms with van der Waals surface area (Å²) in [4.78, 5) is 43.1. The van der Waals surface area contributed by atoms with Gasteiger partial charge in [-0.25, -0.2) is 9.78 Å². The molecule has 2 aliphatic rings. The van der Waals surface area contributed by atoms with E-state index in [-0.39, 0.29) is 11.8 Å². The van der Waals surface area contributed by atoms with Gasteiger partial charge >= 0.3 is 12.1 Å². The molecule has 3 atom stereocenters. The van der Waals surface area contributed by atoms with Gasteiger partial charge in [-0.15, -0.1) is 0 Å². The Balaban J connectivity index is 1.39. The monoisotopic (exact) mass is 538 g/mol. The number of benzene rings is 1. The van der Waals surface area contributed by atoms with Crippen LogP contribution in [0.3, 0.4) is 0 Å². The van der Waals surface area contributed by atoms with E-state index in [4.69, 9.17) is 14.5 Å². The fourth-order valence-corrected chi connectivity index (χ4v) is 5.16. The molecule has 0 bridgehead atoms. The predicted octanol–water partition coefficient (Wildman–Crippen LogP) is 4.39. The van der Waals surface area contributed by atoms with E-state index in [1.807, 2.05) is 72.0 Å². The third-order valence-electron chi connectivity index (χ3n) is 7.04. The summed E-state index contributed by atoms with van der Waals surface area (Å²) in [6.07, 6.45) is 3.95. The number of fused-ring (bicyclic) bond motifs is 1. The molecule has 1 aromatic heterocycles. The van der Waals surface area contributed by atoms with Crippen LogP contribution >= 0.6 is 0 Å². The highest BCUT2D eigenvalue weighted by Gasteiger charge is 2.38. The van der Waals surface area contributed by atoms with Gasteiger partial charge in [0.1, 0.15) is 17.0 Å². The Bertz CT molecular complexity index is 1190. The number of esters is 1. The minimum Gasteiger partial charge on any atom is -0.460 e. The van der Waals surface area contributed by atoms with Crippen LogP contribution in [-0.4, -0.2) is 58.2 Å². The topological polar surface area (TPSA) is 112 Å². The molecule has 3 heterocycles. The number of alkyl carbamates (subject to hydrolysis) is 1. The van der Waals surface area contributed by atoms with Crippen molar-refractivity contribution in [1.82, 2.24) is 20.2 Å². The molecule has 39 heavy (non-hydrogen) atoms. The van der Waals surface area contributed by atoms with E-state index in [0.29, 0.717) is 37.5 Å². The molecule has 0 aliphatic carbocycles. The number of carbonyl (C=O) groups is 3. The number of hydrogen-bond acceptors (Lipinski definition) is 7. The van der Waals surface area contributed by atoms with Crippen molar-refractivity contribution < 1.29 is 23.9 Å². The lowest BCUT2D eigenvalue weighted by molar-refractivity contribution is -0.162. The van der Waals surface area contributed by atoms with Gasteiger partial charge in [0.15, 0.2) is 5.78 Å². The summed E-state index contributed by atoms with van der Waals surface area (Å²) in [5.74, 6) is 0.0280. The first-order chi connectivity index (χ1) is 18.3. The third kappa shape index (κ3) is 7.68. The molecular formula is C30H42N4O5. The van der Waals surface area contributed by atoms with E-state index in [0.717, 1.165) is 36.5 Å². The quantitative estimate of drug-likeness (QED) is 0.415. The zero-order valence-electron chi connectivity index (χ0n) is 24.0. The lowest BCUT2D eigenvalue weighted by Crippen LogP contribution is -2.45. The van der Waals surface area contributed by atoms with Crippen molar-refractivity contribution in [2.75, 3.05) is 19.6 Å². The minimum absolute atomic E-state index is 0.0472. The van der Waals surface area contributed by atoms with E-state index in [9.17, 15) is 14.4 Å². The van der Waals surface area contributed by atoms with Gasteiger partial charge < -0.3 is 24.7 Å². The Morgan fingerprint density at radius 2 is 1.69 bits per heavy atom. The minimum atomic E-state index is -0.588. The molecule has 1 aromatic carbocycles. The smallest absolute Gasteiger partial charge is 0.407 e. The second kappa shape index (κ2) is 11.5. The molecule has 0 radical (unpaired) electrons. The first-order valence-electron chi connectivity index (χ1n) is 13.9. The van der Waals surface area contributed by atoms with Crippen molar-refractivity contribution in [1.29, 1.82) is 0 Å². The van der Waals surface area contributed by atoms with Gasteiger partial charge in [0, 0.05) is 49.3 Å². The highest BCUT2D eigenvalue weighted by atomic mass is 16.6. The van der Waals surface area contributed by atoms with Gasteiger partial charge in [-0.05, 0) is 66.8 Å². The predicted molar refractivity (Wildman–Crippen MR) is 148 cm³/mol. The van der Waals surface area contributed by atoms with Gasteiger partial charge in [-0.3, -0.25) is 9.59 Å². The van der Waals surface area contributed by atoms with Crippen molar-refractivity contribution in [2.24, 2.45) is 17.8 Å². The van der Waals surface area contributed by atoms with Crippen molar-refractivity contribution >= 4 is 17.8 Å². The lowest BCUT2D eigenvalue weighted by Gasteiger charge is -2.32. The molecule has 9 nitrogen and oxygen atoms in total. The third-order valence-corrected chi connectivity index (χ3v) is 7.04. The number of aromatic nitrogens is 2. The van der Waals surface area contributed by atoms with E-state index in [1.165, 1.54) is 0 Å². The van der Waals surface area contributed by atoms with Crippen LogP contribution in [0.2, 0.25) is 0 Å². The Morgan fingerprint density at radius 1 is 1.00 bits per heavy atom. The number of Topliss-reactive ketones (excluding diaryl/α,β-unsaturated/α-hetero) is 1. The summed E-state index contributed by atoms with van der Waals surface area (Å²) in [7, 11) is 0. The number of ether oxygens (including phenoxy) is 2. The summed E-state index contributed by atoms with van der Waals surface area (Å²) in [6.45, 7) is 13.6. The number of imidazole rings is 1. The molecule has 2 aliphatic heterocycles. The summed E-state index contributed by atoms with van der Waals surface area (Å²) in [6, 6.07) is 7.48. The van der Waals surface area contributed by atoms with Gasteiger partial charge in [-0.1, -0.05) is 24.3 Å². The molecule has 1 saturated heterocycles. The number of amides is 1. The van der Waals surface area contributed by atoms with Crippen LogP contribution in [0.1, 0.15) is 70.6 Å². The highest BCUT2D eigenvalue weighted by molar-refractivity contribution is 6.00. The van der Waals surface area contributed by atoms with Crippen molar-refractivity contribution in [3.8, 4) is 11.3 Å². The Labute approximate surface area is 231 Å². The average Bonchev–Trinajstić information content (AvgIpc) is 3.29. The average molecular weight is 539 g/mol. The zero-order chi connectivity index (χ0) is 28.4. The molecule has 2 N–H and O–H groups in total. The maximum Gasteiger partial charge on any atom is 0.407 e. The molecule has 1 amide bonds. The van der Waals surface area contributed by atoms with Crippen LogP contribution in [0, 0.1) is 17.8 Å². The fraction of sp³-hybridized carbons (Fsp3) is 0.600. The van der Waals surface area contributed by atoms with E-state index in [2.05, 4.69) is 15.2 Å². The maximum atomic E-state index is 13.4. The largest absolute Gasteiger partial charge is 0.460 e. The van der Waals surface area contributed by atoms with Crippen molar-refractivity contribution in [3.05, 3.63) is 41.9 Å². The lowest BCUT2D eigenvalue weighted by atomic mass is 9.81. The normalized spacial score (nSPS) is 21.5.